The molecule has 3 nitrogen and oxygen atoms in total. The van der Waals surface area contributed by atoms with Crippen LogP contribution in [0.15, 0.2) is 0 Å². The van der Waals surface area contributed by atoms with Crippen LogP contribution in [0.25, 0.3) is 0 Å². The van der Waals surface area contributed by atoms with Gasteiger partial charge in [0, 0.05) is 25.0 Å². The van der Waals surface area contributed by atoms with Crippen LogP contribution in [0.1, 0.15) is 45.4 Å². The lowest BCUT2D eigenvalue weighted by molar-refractivity contribution is -0.155. The Labute approximate surface area is 91.4 Å². The molecule has 1 aliphatic heterocycles. The topological polar surface area (TPSA) is 52.3 Å². The Kier molecular flexibility index (Phi) is 3.12. The molecule has 1 heterocycles. The first-order chi connectivity index (χ1) is 7.11. The molecule has 2 fully saturated rings. The number of Topliss-reactive ketones (excluding diaryl/α,β-unsaturated/α-hetero) is 1. The van der Waals surface area contributed by atoms with Crippen molar-refractivity contribution in [3.8, 4) is 0 Å². The second-order valence-corrected chi connectivity index (χ2v) is 5.22. The van der Waals surface area contributed by atoms with E-state index in [1.54, 1.807) is 0 Å². The molecule has 2 aliphatic rings. The molecule has 0 aromatic rings. The Hall–Kier alpha value is -0.410. The van der Waals surface area contributed by atoms with Gasteiger partial charge in [0.15, 0.2) is 0 Å². The fourth-order valence-corrected chi connectivity index (χ4v) is 2.71. The molecule has 2 rings (SSSR count). The third-order valence-electron chi connectivity index (χ3n) is 3.74. The number of ketones is 1. The van der Waals surface area contributed by atoms with Gasteiger partial charge in [-0.25, -0.2) is 0 Å². The van der Waals surface area contributed by atoms with Crippen molar-refractivity contribution < 1.29 is 9.53 Å². The first-order valence-electron chi connectivity index (χ1n) is 6.04. The van der Waals surface area contributed by atoms with Crippen molar-refractivity contribution >= 4 is 5.78 Å². The fraction of sp³-hybridized carbons (Fsp3) is 0.917. The highest BCUT2D eigenvalue weighted by molar-refractivity contribution is 5.81. The standard InChI is InChI=1S/C12H21NO2/c1-9(13)7-11(14)10-3-6-15-12(8-10)4-2-5-12/h9-10H,2-8,13H2,1H3. The van der Waals surface area contributed by atoms with Crippen LogP contribution >= 0.6 is 0 Å². The predicted octanol–water partition coefficient (Wildman–Crippen LogP) is 1.64. The van der Waals surface area contributed by atoms with E-state index in [1.165, 1.54) is 6.42 Å². The van der Waals surface area contributed by atoms with Crippen molar-refractivity contribution in [2.75, 3.05) is 6.61 Å². The third-order valence-corrected chi connectivity index (χ3v) is 3.74. The highest BCUT2D eigenvalue weighted by Gasteiger charge is 2.44. The molecular weight excluding hydrogens is 190 g/mol. The first-order valence-corrected chi connectivity index (χ1v) is 6.04. The van der Waals surface area contributed by atoms with Crippen molar-refractivity contribution in [2.24, 2.45) is 11.7 Å². The van der Waals surface area contributed by atoms with Crippen LogP contribution in [0.2, 0.25) is 0 Å². The summed E-state index contributed by atoms with van der Waals surface area (Å²) in [6.07, 6.45) is 5.92. The molecule has 86 valence electrons. The second-order valence-electron chi connectivity index (χ2n) is 5.22. The molecule has 1 spiro atoms. The van der Waals surface area contributed by atoms with E-state index in [1.807, 2.05) is 6.92 Å². The van der Waals surface area contributed by atoms with Gasteiger partial charge < -0.3 is 10.5 Å². The molecule has 1 aliphatic carbocycles. The Balaban J connectivity index is 1.89. The van der Waals surface area contributed by atoms with Gasteiger partial charge in [-0.3, -0.25) is 4.79 Å². The van der Waals surface area contributed by atoms with Crippen LogP contribution in [0.3, 0.4) is 0 Å². The molecule has 1 saturated carbocycles. The average molecular weight is 211 g/mol. The van der Waals surface area contributed by atoms with Crippen molar-refractivity contribution in [3.05, 3.63) is 0 Å². The van der Waals surface area contributed by atoms with E-state index in [0.717, 1.165) is 32.3 Å². The van der Waals surface area contributed by atoms with Crippen molar-refractivity contribution in [3.63, 3.8) is 0 Å². The maximum atomic E-state index is 11.9. The summed E-state index contributed by atoms with van der Waals surface area (Å²) in [7, 11) is 0. The molecule has 2 unspecified atom stereocenters. The van der Waals surface area contributed by atoms with Crippen LogP contribution in [0.5, 0.6) is 0 Å². The van der Waals surface area contributed by atoms with Crippen molar-refractivity contribution in [1.82, 2.24) is 0 Å². The van der Waals surface area contributed by atoms with Gasteiger partial charge in [0.1, 0.15) is 5.78 Å². The highest BCUT2D eigenvalue weighted by Crippen LogP contribution is 2.44. The largest absolute Gasteiger partial charge is 0.375 e. The minimum Gasteiger partial charge on any atom is -0.375 e. The van der Waals surface area contributed by atoms with E-state index in [0.29, 0.717) is 12.2 Å². The number of carbonyl (C=O) groups is 1. The minimum atomic E-state index is -0.00214. The summed E-state index contributed by atoms with van der Waals surface area (Å²) >= 11 is 0. The van der Waals surface area contributed by atoms with Crippen LogP contribution in [0.4, 0.5) is 0 Å². The van der Waals surface area contributed by atoms with E-state index in [-0.39, 0.29) is 17.6 Å². The Morgan fingerprint density at radius 1 is 1.60 bits per heavy atom. The van der Waals surface area contributed by atoms with E-state index in [9.17, 15) is 4.79 Å². The van der Waals surface area contributed by atoms with E-state index >= 15 is 0 Å². The first kappa shape index (κ1) is 11.1. The quantitative estimate of drug-likeness (QED) is 0.772. The van der Waals surface area contributed by atoms with Gasteiger partial charge in [0.25, 0.3) is 0 Å². The highest BCUT2D eigenvalue weighted by atomic mass is 16.5. The summed E-state index contributed by atoms with van der Waals surface area (Å²) in [4.78, 5) is 11.9. The molecule has 0 amide bonds. The zero-order valence-electron chi connectivity index (χ0n) is 9.50. The predicted molar refractivity (Wildman–Crippen MR) is 58.5 cm³/mol. The van der Waals surface area contributed by atoms with Gasteiger partial charge in [0.05, 0.1) is 5.60 Å². The van der Waals surface area contributed by atoms with E-state index in [4.69, 9.17) is 10.5 Å². The third kappa shape index (κ3) is 2.40. The van der Waals surface area contributed by atoms with Gasteiger partial charge >= 0.3 is 0 Å². The summed E-state index contributed by atoms with van der Waals surface area (Å²) in [5.74, 6) is 0.560. The lowest BCUT2D eigenvalue weighted by Gasteiger charge is -2.47. The molecule has 2 atom stereocenters. The molecule has 1 saturated heterocycles. The molecule has 15 heavy (non-hydrogen) atoms. The zero-order valence-corrected chi connectivity index (χ0v) is 9.50. The monoisotopic (exact) mass is 211 g/mol. The minimum absolute atomic E-state index is 0.00214. The van der Waals surface area contributed by atoms with Gasteiger partial charge in [-0.2, -0.15) is 0 Å². The molecule has 3 heteroatoms. The molecular formula is C12H21NO2. The van der Waals surface area contributed by atoms with Crippen LogP contribution in [-0.2, 0) is 9.53 Å². The van der Waals surface area contributed by atoms with E-state index in [2.05, 4.69) is 0 Å². The number of ether oxygens (including phenoxy) is 1. The van der Waals surface area contributed by atoms with Gasteiger partial charge in [0.2, 0.25) is 0 Å². The smallest absolute Gasteiger partial charge is 0.137 e. The molecule has 0 bridgehead atoms. The average Bonchev–Trinajstić information content (AvgIpc) is 2.14. The Morgan fingerprint density at radius 2 is 2.33 bits per heavy atom. The lowest BCUT2D eigenvalue weighted by Crippen LogP contribution is -2.47. The summed E-state index contributed by atoms with van der Waals surface area (Å²) in [5.41, 5.74) is 5.74. The fourth-order valence-electron chi connectivity index (χ4n) is 2.71. The molecule has 0 aromatic heterocycles. The second kappa shape index (κ2) is 4.22. The normalized spacial score (nSPS) is 30.9. The Morgan fingerprint density at radius 3 is 2.87 bits per heavy atom. The number of carbonyl (C=O) groups excluding carboxylic acids is 1. The van der Waals surface area contributed by atoms with Gasteiger partial charge in [-0.1, -0.05) is 0 Å². The van der Waals surface area contributed by atoms with Gasteiger partial charge in [-0.15, -0.1) is 0 Å². The van der Waals surface area contributed by atoms with Crippen molar-refractivity contribution in [1.29, 1.82) is 0 Å². The zero-order chi connectivity index (χ0) is 10.9. The summed E-state index contributed by atoms with van der Waals surface area (Å²) in [6.45, 7) is 2.66. The molecule has 2 N–H and O–H groups in total. The molecule has 0 radical (unpaired) electrons. The number of rotatable bonds is 3. The van der Waals surface area contributed by atoms with Crippen LogP contribution in [0, 0.1) is 5.92 Å². The number of hydrogen-bond acceptors (Lipinski definition) is 3. The number of hydrogen-bond donors (Lipinski definition) is 1. The number of nitrogens with two attached hydrogens (primary N) is 1. The maximum absolute atomic E-state index is 11.9. The maximum Gasteiger partial charge on any atom is 0.137 e. The van der Waals surface area contributed by atoms with Gasteiger partial charge in [-0.05, 0) is 39.0 Å². The summed E-state index contributed by atoms with van der Waals surface area (Å²) in [5, 5.41) is 0. The summed E-state index contributed by atoms with van der Waals surface area (Å²) < 4.78 is 5.80. The summed E-state index contributed by atoms with van der Waals surface area (Å²) in [6, 6.07) is -0.00214. The SMILES string of the molecule is CC(N)CC(=O)C1CCOC2(CCC2)C1. The van der Waals surface area contributed by atoms with E-state index < -0.39 is 0 Å². The molecule has 0 aromatic carbocycles. The van der Waals surface area contributed by atoms with Crippen LogP contribution in [-0.4, -0.2) is 24.0 Å². The van der Waals surface area contributed by atoms with Crippen molar-refractivity contribution in [2.45, 2.75) is 57.1 Å². The Bertz CT molecular complexity index is 246. The van der Waals surface area contributed by atoms with Crippen LogP contribution < -0.4 is 5.73 Å². The lowest BCUT2D eigenvalue weighted by atomic mass is 9.71.